The predicted molar refractivity (Wildman–Crippen MR) is 240 cm³/mol. The van der Waals surface area contributed by atoms with Gasteiger partial charge in [0.2, 0.25) is 5.75 Å². The molecule has 1 atom stereocenters. The third-order valence-corrected chi connectivity index (χ3v) is 10.8. The molecular weight excluding hydrogens is 933 g/mol. The van der Waals surface area contributed by atoms with Crippen molar-refractivity contribution >= 4 is 28.2 Å². The van der Waals surface area contributed by atoms with E-state index >= 15 is 0 Å². The molecule has 0 spiro atoms. The Bertz CT molecular complexity index is 2280. The van der Waals surface area contributed by atoms with E-state index < -0.39 is 41.7 Å². The summed E-state index contributed by atoms with van der Waals surface area (Å²) in [5, 5.41) is 33.5. The van der Waals surface area contributed by atoms with E-state index in [9.17, 15) is 18.0 Å². The molecule has 0 aliphatic carbocycles. The number of methoxy groups -OCH3 is 2. The molecule has 0 fully saturated rings. The van der Waals surface area contributed by atoms with Gasteiger partial charge in [0, 0.05) is 11.8 Å². The Morgan fingerprint density at radius 3 is 1.84 bits per heavy atom. The molecule has 4 aromatic rings. The second kappa shape index (κ2) is 28.4. The van der Waals surface area contributed by atoms with Gasteiger partial charge in [0.05, 0.1) is 51.4 Å². The summed E-state index contributed by atoms with van der Waals surface area (Å²) in [7, 11) is -1.59. The molecule has 2 aromatic carbocycles. The van der Waals surface area contributed by atoms with Crippen molar-refractivity contribution in [1.29, 1.82) is 0 Å². The summed E-state index contributed by atoms with van der Waals surface area (Å²) >= 11 is 0. The number of carbonyl (C=O) groups excluding carboxylic acids is 2. The lowest BCUT2D eigenvalue weighted by atomic mass is 9.88. The van der Waals surface area contributed by atoms with Crippen LogP contribution in [0.1, 0.15) is 77.7 Å². The number of para-hydroxylation sites is 2. The van der Waals surface area contributed by atoms with Crippen LogP contribution in [0, 0.1) is 0 Å². The normalized spacial score (nSPS) is 12.0. The largest absolute Gasteiger partial charge is 0.508 e. The van der Waals surface area contributed by atoms with Crippen LogP contribution in [-0.4, -0.2) is 127 Å². The molecule has 5 N–H and O–H groups in total. The molecular formula is C44H60N6O18S. The lowest BCUT2D eigenvalue weighted by Crippen LogP contribution is -2.32. The van der Waals surface area contributed by atoms with Gasteiger partial charge in [-0.3, -0.25) is 35.2 Å². The Kier molecular flexibility index (Phi) is 22.8. The zero-order chi connectivity index (χ0) is 50.2. The van der Waals surface area contributed by atoms with E-state index in [2.05, 4.69) is 29.3 Å². The average molecular weight is 993 g/mol. The lowest BCUT2D eigenvalue weighted by molar-refractivity contribution is -0.492. The van der Waals surface area contributed by atoms with Gasteiger partial charge in [0.25, 0.3) is 15.9 Å². The van der Waals surface area contributed by atoms with Crippen LogP contribution < -0.4 is 23.7 Å². The van der Waals surface area contributed by atoms with Crippen molar-refractivity contribution in [3.05, 3.63) is 72.4 Å². The number of nitrogens with one attached hydrogen (secondary N) is 1. The van der Waals surface area contributed by atoms with Crippen molar-refractivity contribution in [3.63, 3.8) is 0 Å². The highest BCUT2D eigenvalue weighted by Crippen LogP contribution is 2.42. The first-order valence-corrected chi connectivity index (χ1v) is 23.2. The van der Waals surface area contributed by atoms with Gasteiger partial charge in [-0.05, 0) is 92.0 Å². The first-order chi connectivity index (χ1) is 33.0. The summed E-state index contributed by atoms with van der Waals surface area (Å²) in [6.07, 6.45) is 2.19. The zero-order valence-corrected chi connectivity index (χ0v) is 39.8. The molecule has 4 rings (SSSR count). The summed E-state index contributed by atoms with van der Waals surface area (Å²) in [4.78, 5) is 48.2. The van der Waals surface area contributed by atoms with E-state index in [0.29, 0.717) is 62.7 Å². The zero-order valence-electron chi connectivity index (χ0n) is 39.0. The van der Waals surface area contributed by atoms with Crippen LogP contribution in [0.3, 0.4) is 0 Å². The second-order valence-corrected chi connectivity index (χ2v) is 17.4. The number of ether oxygens (including phenoxy) is 8. The van der Waals surface area contributed by atoms with Gasteiger partial charge < -0.3 is 37.9 Å². The Labute approximate surface area is 399 Å². The molecule has 2 heterocycles. The molecule has 0 amide bonds. The molecule has 0 saturated heterocycles. The number of hydrogen-bond donors (Lipinski definition) is 5. The number of anilines is 1. The van der Waals surface area contributed by atoms with E-state index in [4.69, 9.17) is 58.7 Å². The number of benzene rings is 2. The summed E-state index contributed by atoms with van der Waals surface area (Å²) in [5.74, 6) is -0.268. The minimum Gasteiger partial charge on any atom is -0.497 e. The van der Waals surface area contributed by atoms with Crippen LogP contribution in [-0.2, 0) is 44.1 Å². The van der Waals surface area contributed by atoms with E-state index in [1.165, 1.54) is 26.5 Å². The van der Waals surface area contributed by atoms with Gasteiger partial charge in [0.15, 0.2) is 34.3 Å². The van der Waals surface area contributed by atoms with Crippen LogP contribution in [0.4, 0.5) is 15.4 Å². The maximum Gasteiger partial charge on any atom is 0.508 e. The number of hydrogen-bond acceptors (Lipinski definition) is 23. The van der Waals surface area contributed by atoms with Crippen molar-refractivity contribution in [1.82, 2.24) is 25.7 Å². The average Bonchev–Trinajstić information content (AvgIpc) is 3.31. The Morgan fingerprint density at radius 1 is 0.696 bits per heavy atom. The van der Waals surface area contributed by atoms with Crippen molar-refractivity contribution in [2.45, 2.75) is 88.7 Å². The molecule has 25 heteroatoms. The first kappa shape index (κ1) is 55.4. The molecule has 2 aromatic heterocycles. The third kappa shape index (κ3) is 19.8. The minimum absolute atomic E-state index is 0.0199. The van der Waals surface area contributed by atoms with Gasteiger partial charge in [-0.1, -0.05) is 51.8 Å². The van der Waals surface area contributed by atoms with E-state index in [1.54, 1.807) is 54.6 Å². The van der Waals surface area contributed by atoms with Crippen molar-refractivity contribution < 1.29 is 86.4 Å². The molecule has 1 unspecified atom stereocenters. The molecule has 0 aliphatic rings. The fourth-order valence-corrected chi connectivity index (χ4v) is 6.85. The lowest BCUT2D eigenvalue weighted by Gasteiger charge is -2.21. The predicted octanol–water partition coefficient (Wildman–Crippen LogP) is 7.65. The van der Waals surface area contributed by atoms with Gasteiger partial charge in [-0.2, -0.15) is 13.4 Å². The maximum atomic E-state index is 14.1. The quantitative estimate of drug-likeness (QED) is 0.0190. The summed E-state index contributed by atoms with van der Waals surface area (Å²) in [6, 6.07) is 16.1. The third-order valence-electron chi connectivity index (χ3n) is 9.56. The van der Waals surface area contributed by atoms with Gasteiger partial charge in [0.1, 0.15) is 19.0 Å². The number of pyridine rings is 1. The van der Waals surface area contributed by atoms with E-state index in [0.717, 1.165) is 5.56 Å². The number of carbonyl (C=O) groups is 2. The molecule has 0 radical (unpaired) electrons. The summed E-state index contributed by atoms with van der Waals surface area (Å²) in [6.45, 7) is 4.74. The molecule has 69 heavy (non-hydrogen) atoms. The number of aromatic nitrogens is 3. The number of rotatable bonds is 30. The summed E-state index contributed by atoms with van der Waals surface area (Å²) < 4.78 is 75.3. The van der Waals surface area contributed by atoms with Crippen molar-refractivity contribution in [2.75, 3.05) is 58.6 Å². The molecule has 380 valence electrons. The first-order valence-electron chi connectivity index (χ1n) is 21.7. The van der Waals surface area contributed by atoms with Crippen molar-refractivity contribution in [3.8, 4) is 40.3 Å². The Hall–Kier alpha value is -6.16. The van der Waals surface area contributed by atoms with Crippen LogP contribution in [0.5, 0.6) is 28.9 Å². The standard InChI is InChI=1S/C44H60N6O18S/c1-44(2,3)32-20-23-37(45-28-32)69(57,58)48-40-38(68-36-17-11-10-16-35(36)60-5)41(47-39(46-40)31-18-21-33(59-4)22-19-31)63-29-34(67-43(52)62-25-13-7-9-15-27-66-50(55)56)30-64-42(51)61-24-12-6-8-14-26-65-49(53)54/h10-11,16-23,28,34,53-56H,6-9,12-15,24-27,29-30H2,1-5H3,(H,46,47,48). The fourth-order valence-electron chi connectivity index (χ4n) is 5.91. The number of sulfonamides is 1. The van der Waals surface area contributed by atoms with Crippen LogP contribution in [0.2, 0.25) is 0 Å². The minimum atomic E-state index is -4.49. The van der Waals surface area contributed by atoms with Crippen LogP contribution in [0.25, 0.3) is 11.4 Å². The Balaban J connectivity index is 1.65. The molecule has 0 saturated carbocycles. The Morgan fingerprint density at radius 2 is 1.29 bits per heavy atom. The van der Waals surface area contributed by atoms with Gasteiger partial charge in [-0.25, -0.2) is 19.6 Å². The fraction of sp³-hybridized carbons (Fsp3) is 0.477. The van der Waals surface area contributed by atoms with Gasteiger partial charge >= 0.3 is 12.3 Å². The molecule has 24 nitrogen and oxygen atoms in total. The number of nitrogens with zero attached hydrogens (tertiary/aromatic N) is 5. The van der Waals surface area contributed by atoms with Crippen LogP contribution in [0.15, 0.2) is 71.9 Å². The second-order valence-electron chi connectivity index (χ2n) is 15.8. The van der Waals surface area contributed by atoms with E-state index in [-0.39, 0.29) is 82.4 Å². The van der Waals surface area contributed by atoms with Crippen molar-refractivity contribution in [2.24, 2.45) is 0 Å². The highest BCUT2D eigenvalue weighted by atomic mass is 32.2. The van der Waals surface area contributed by atoms with Crippen LogP contribution >= 0.6 is 0 Å². The molecule has 0 bridgehead atoms. The maximum absolute atomic E-state index is 14.1. The highest BCUT2D eigenvalue weighted by molar-refractivity contribution is 7.92. The van der Waals surface area contributed by atoms with Gasteiger partial charge in [-0.15, -0.1) is 0 Å². The number of unbranched alkanes of at least 4 members (excludes halogenated alkanes) is 6. The highest BCUT2D eigenvalue weighted by Gasteiger charge is 2.28. The SMILES string of the molecule is COc1ccc(-c2nc(NS(=O)(=O)c3ccc(C(C)(C)C)cn3)c(Oc3ccccc3OC)c(OCC(COC(=O)OCCCCCCON(O)O)OC(=O)OCCCCCCON(O)O)n2)cc1. The monoisotopic (exact) mass is 992 g/mol. The molecule has 0 aliphatic heterocycles. The topological polar surface area (TPSA) is 299 Å². The smallest absolute Gasteiger partial charge is 0.497 e. The summed E-state index contributed by atoms with van der Waals surface area (Å²) in [5.41, 5.74) is 0.868. The van der Waals surface area contributed by atoms with E-state index in [1.807, 2.05) is 20.8 Å².